The summed E-state index contributed by atoms with van der Waals surface area (Å²) in [7, 11) is 0. The van der Waals surface area contributed by atoms with Crippen molar-refractivity contribution in [1.29, 1.82) is 0 Å². The number of furan rings is 2. The topological polar surface area (TPSA) is 63.7 Å². The van der Waals surface area contributed by atoms with Gasteiger partial charge in [-0.15, -0.1) is 11.3 Å². The Labute approximate surface area is 179 Å². The summed E-state index contributed by atoms with van der Waals surface area (Å²) in [6.07, 6.45) is 0. The van der Waals surface area contributed by atoms with Crippen LogP contribution in [0.1, 0.15) is 23.3 Å². The minimum atomic E-state index is 0.182. The van der Waals surface area contributed by atoms with Crippen LogP contribution in [-0.4, -0.2) is 42.7 Å². The van der Waals surface area contributed by atoms with Crippen LogP contribution in [0.25, 0.3) is 21.0 Å². The van der Waals surface area contributed by atoms with E-state index in [1.54, 1.807) is 11.3 Å². The van der Waals surface area contributed by atoms with E-state index in [9.17, 15) is 0 Å². The first-order chi connectivity index (χ1) is 14.8. The molecule has 1 N–H and O–H groups in total. The van der Waals surface area contributed by atoms with Gasteiger partial charge in [-0.25, -0.2) is 4.98 Å². The largest absolute Gasteiger partial charge is 0.465 e. The van der Waals surface area contributed by atoms with E-state index in [0.717, 1.165) is 66.4 Å². The van der Waals surface area contributed by atoms with E-state index < -0.39 is 0 Å². The molecule has 5 rings (SSSR count). The maximum atomic E-state index is 6.06. The number of morpholine rings is 1. The SMILES string of the molecule is Cc1ccc([C@@H](CNCc2ccc(-c3nc4ccccc4s3)o2)N2CCOCC2)o1. The molecule has 1 aliphatic rings. The molecule has 1 saturated heterocycles. The standard InChI is InChI=1S/C23H25N3O3S/c1-16-6-8-20(28-16)19(26-10-12-27-13-11-26)15-24-14-17-7-9-21(29-17)23-25-18-4-2-3-5-22(18)30-23/h2-9,19,24H,10-15H2,1H3/t19-/m1/s1. The minimum Gasteiger partial charge on any atom is -0.465 e. The number of para-hydroxylation sites is 1. The summed E-state index contributed by atoms with van der Waals surface area (Å²) in [4.78, 5) is 7.10. The van der Waals surface area contributed by atoms with Crippen molar-refractivity contribution in [3.05, 3.63) is 65.8 Å². The average Bonchev–Trinajstić information content (AvgIpc) is 3.51. The van der Waals surface area contributed by atoms with Gasteiger partial charge in [-0.05, 0) is 43.3 Å². The molecule has 1 aromatic carbocycles. The van der Waals surface area contributed by atoms with Crippen LogP contribution in [0.2, 0.25) is 0 Å². The van der Waals surface area contributed by atoms with Gasteiger partial charge in [0.15, 0.2) is 10.8 Å². The third-order valence-electron chi connectivity index (χ3n) is 5.38. The molecule has 156 valence electrons. The van der Waals surface area contributed by atoms with Gasteiger partial charge in [0.25, 0.3) is 0 Å². The molecule has 30 heavy (non-hydrogen) atoms. The van der Waals surface area contributed by atoms with E-state index in [0.29, 0.717) is 6.54 Å². The number of aromatic nitrogens is 1. The molecule has 7 heteroatoms. The molecule has 1 aliphatic heterocycles. The fraction of sp³-hybridized carbons (Fsp3) is 0.348. The van der Waals surface area contributed by atoms with E-state index in [1.165, 1.54) is 4.70 Å². The van der Waals surface area contributed by atoms with Gasteiger partial charge in [0.2, 0.25) is 0 Å². The number of hydrogen-bond donors (Lipinski definition) is 1. The number of hydrogen-bond acceptors (Lipinski definition) is 7. The first kappa shape index (κ1) is 19.5. The molecule has 0 aliphatic carbocycles. The van der Waals surface area contributed by atoms with Crippen LogP contribution in [0, 0.1) is 6.92 Å². The third-order valence-corrected chi connectivity index (χ3v) is 6.43. The molecule has 6 nitrogen and oxygen atoms in total. The molecule has 0 saturated carbocycles. The lowest BCUT2D eigenvalue weighted by Crippen LogP contribution is -2.42. The van der Waals surface area contributed by atoms with Crippen molar-refractivity contribution < 1.29 is 13.6 Å². The van der Waals surface area contributed by atoms with Crippen LogP contribution in [-0.2, 0) is 11.3 Å². The second-order valence-electron chi connectivity index (χ2n) is 7.50. The summed E-state index contributed by atoms with van der Waals surface area (Å²) in [6.45, 7) is 6.78. The van der Waals surface area contributed by atoms with Crippen LogP contribution in [0.3, 0.4) is 0 Å². The van der Waals surface area contributed by atoms with Crippen molar-refractivity contribution in [1.82, 2.24) is 15.2 Å². The lowest BCUT2D eigenvalue weighted by molar-refractivity contribution is 0.0114. The Kier molecular flexibility index (Phi) is 5.68. The Morgan fingerprint density at radius 2 is 1.93 bits per heavy atom. The zero-order chi connectivity index (χ0) is 20.3. The molecule has 1 atom stereocenters. The summed E-state index contributed by atoms with van der Waals surface area (Å²) in [5.74, 6) is 3.66. The van der Waals surface area contributed by atoms with E-state index >= 15 is 0 Å². The van der Waals surface area contributed by atoms with Crippen LogP contribution in [0.15, 0.2) is 57.4 Å². The fourth-order valence-electron chi connectivity index (χ4n) is 3.83. The van der Waals surface area contributed by atoms with Crippen LogP contribution >= 0.6 is 11.3 Å². The Morgan fingerprint density at radius 3 is 2.73 bits per heavy atom. The molecule has 3 aromatic heterocycles. The summed E-state index contributed by atoms with van der Waals surface area (Å²) in [5, 5.41) is 4.46. The monoisotopic (exact) mass is 423 g/mol. The zero-order valence-corrected chi connectivity index (χ0v) is 17.8. The first-order valence-electron chi connectivity index (χ1n) is 10.3. The molecule has 0 unspecified atom stereocenters. The highest BCUT2D eigenvalue weighted by atomic mass is 32.1. The number of thiazole rings is 1. The van der Waals surface area contributed by atoms with Crippen LogP contribution in [0.4, 0.5) is 0 Å². The normalized spacial score (nSPS) is 16.3. The predicted molar refractivity (Wildman–Crippen MR) is 118 cm³/mol. The lowest BCUT2D eigenvalue weighted by atomic mass is 10.1. The highest BCUT2D eigenvalue weighted by molar-refractivity contribution is 7.21. The van der Waals surface area contributed by atoms with E-state index in [-0.39, 0.29) is 6.04 Å². The maximum absolute atomic E-state index is 6.06. The number of nitrogens with one attached hydrogen (secondary N) is 1. The van der Waals surface area contributed by atoms with E-state index in [1.807, 2.05) is 43.3 Å². The average molecular weight is 424 g/mol. The second kappa shape index (κ2) is 8.73. The summed E-state index contributed by atoms with van der Waals surface area (Å²) < 4.78 is 18.7. The molecule has 0 bridgehead atoms. The third kappa shape index (κ3) is 4.20. The van der Waals surface area contributed by atoms with Gasteiger partial charge in [-0.3, -0.25) is 4.90 Å². The zero-order valence-electron chi connectivity index (χ0n) is 17.0. The molecular formula is C23H25N3O3S. The molecule has 4 aromatic rings. The van der Waals surface area contributed by atoms with Gasteiger partial charge in [-0.1, -0.05) is 12.1 Å². The quantitative estimate of drug-likeness (QED) is 0.468. The van der Waals surface area contributed by atoms with Crippen molar-refractivity contribution in [3.8, 4) is 10.8 Å². The molecule has 0 spiro atoms. The van der Waals surface area contributed by atoms with Crippen molar-refractivity contribution in [3.63, 3.8) is 0 Å². The Balaban J connectivity index is 1.25. The molecule has 4 heterocycles. The number of fused-ring (bicyclic) bond motifs is 1. The smallest absolute Gasteiger partial charge is 0.163 e. The van der Waals surface area contributed by atoms with Gasteiger partial charge in [0, 0.05) is 19.6 Å². The summed E-state index contributed by atoms with van der Waals surface area (Å²) >= 11 is 1.65. The van der Waals surface area contributed by atoms with Crippen LogP contribution < -0.4 is 5.32 Å². The number of aryl methyl sites for hydroxylation is 1. The molecule has 0 radical (unpaired) electrons. The Hall–Kier alpha value is -2.45. The van der Waals surface area contributed by atoms with Gasteiger partial charge >= 0.3 is 0 Å². The van der Waals surface area contributed by atoms with Crippen molar-refractivity contribution in [2.24, 2.45) is 0 Å². The second-order valence-corrected chi connectivity index (χ2v) is 8.53. The van der Waals surface area contributed by atoms with Crippen molar-refractivity contribution in [2.45, 2.75) is 19.5 Å². The highest BCUT2D eigenvalue weighted by Gasteiger charge is 2.25. The maximum Gasteiger partial charge on any atom is 0.163 e. The summed E-state index contributed by atoms with van der Waals surface area (Å²) in [6, 6.07) is 16.5. The van der Waals surface area contributed by atoms with Gasteiger partial charge in [0.05, 0.1) is 36.0 Å². The van der Waals surface area contributed by atoms with E-state index in [2.05, 4.69) is 27.3 Å². The van der Waals surface area contributed by atoms with Gasteiger partial charge in [0.1, 0.15) is 17.3 Å². The van der Waals surface area contributed by atoms with E-state index in [4.69, 9.17) is 13.6 Å². The van der Waals surface area contributed by atoms with Crippen molar-refractivity contribution in [2.75, 3.05) is 32.8 Å². The molecule has 1 fully saturated rings. The lowest BCUT2D eigenvalue weighted by Gasteiger charge is -2.33. The summed E-state index contributed by atoms with van der Waals surface area (Å²) in [5.41, 5.74) is 1.01. The number of benzene rings is 1. The number of ether oxygens (including phenoxy) is 1. The molecule has 0 amide bonds. The highest BCUT2D eigenvalue weighted by Crippen LogP contribution is 2.31. The molecular weight excluding hydrogens is 398 g/mol. The first-order valence-corrected chi connectivity index (χ1v) is 11.1. The number of rotatable bonds is 7. The Morgan fingerprint density at radius 1 is 1.07 bits per heavy atom. The van der Waals surface area contributed by atoms with Gasteiger partial charge in [-0.2, -0.15) is 0 Å². The Bertz CT molecular complexity index is 1080. The van der Waals surface area contributed by atoms with Gasteiger partial charge < -0.3 is 18.9 Å². The van der Waals surface area contributed by atoms with Crippen molar-refractivity contribution >= 4 is 21.6 Å². The number of nitrogens with zero attached hydrogens (tertiary/aromatic N) is 2. The fourth-order valence-corrected chi connectivity index (χ4v) is 4.76. The minimum absolute atomic E-state index is 0.182. The van der Waals surface area contributed by atoms with Crippen LogP contribution in [0.5, 0.6) is 0 Å². The predicted octanol–water partition coefficient (Wildman–Crippen LogP) is 4.62.